The molecule has 0 radical (unpaired) electrons. The zero-order valence-electron chi connectivity index (χ0n) is 23.4. The zero-order chi connectivity index (χ0) is 29.4. The van der Waals surface area contributed by atoms with E-state index in [-0.39, 0.29) is 30.9 Å². The Kier molecular flexibility index (Phi) is 7.33. The van der Waals surface area contributed by atoms with Crippen LogP contribution in [-0.2, 0) is 30.5 Å². The first-order chi connectivity index (χ1) is 20.2. The van der Waals surface area contributed by atoms with E-state index in [4.69, 9.17) is 4.74 Å². The standard InChI is InChI=1S/C29H31F3N8O2/c1-3-42-28-34-13-20(14-35-28)37-10-8-21-22(16-37)25(7-6-23(21)29(30,31)32)38-11-12-40(19(2)15-38)26(41)17-39-18-36-24-5-4-9-33-27(24)39/h4-7,9,13-14,18-19H,3,8,10-12,15-17H2,1-2H3. The Labute approximate surface area is 240 Å². The highest BCUT2D eigenvalue weighted by molar-refractivity contribution is 5.79. The first kappa shape index (κ1) is 27.7. The number of halogens is 3. The van der Waals surface area contributed by atoms with Gasteiger partial charge in [-0.2, -0.15) is 13.2 Å². The molecule has 3 aromatic heterocycles. The van der Waals surface area contributed by atoms with Crippen molar-refractivity contribution in [1.29, 1.82) is 0 Å². The fraction of sp³-hybridized carbons (Fsp3) is 0.414. The minimum Gasteiger partial charge on any atom is -0.464 e. The molecular weight excluding hydrogens is 549 g/mol. The summed E-state index contributed by atoms with van der Waals surface area (Å²) in [5, 5.41) is 0. The number of carbonyl (C=O) groups excluding carboxylic acids is 1. The van der Waals surface area contributed by atoms with Crippen molar-refractivity contribution < 1.29 is 22.7 Å². The summed E-state index contributed by atoms with van der Waals surface area (Å²) in [5.74, 6) is -0.0526. The number of benzene rings is 1. The number of hydrogen-bond acceptors (Lipinski definition) is 8. The van der Waals surface area contributed by atoms with E-state index in [2.05, 4.69) is 24.8 Å². The molecule has 0 N–H and O–H groups in total. The predicted octanol–water partition coefficient (Wildman–Crippen LogP) is 3.94. The fourth-order valence-corrected chi connectivity index (χ4v) is 5.91. The number of hydrogen-bond donors (Lipinski definition) is 0. The summed E-state index contributed by atoms with van der Waals surface area (Å²) >= 11 is 0. The van der Waals surface area contributed by atoms with E-state index in [0.717, 1.165) is 16.9 Å². The lowest BCUT2D eigenvalue weighted by atomic mass is 9.91. The molecule has 0 saturated carbocycles. The van der Waals surface area contributed by atoms with Gasteiger partial charge in [0.1, 0.15) is 12.1 Å². The van der Waals surface area contributed by atoms with Crippen LogP contribution in [0.3, 0.4) is 0 Å². The lowest BCUT2D eigenvalue weighted by Gasteiger charge is -2.43. The molecule has 1 saturated heterocycles. The van der Waals surface area contributed by atoms with Crippen LogP contribution in [0.5, 0.6) is 6.01 Å². The van der Waals surface area contributed by atoms with Gasteiger partial charge >= 0.3 is 12.2 Å². The number of fused-ring (bicyclic) bond motifs is 2. The van der Waals surface area contributed by atoms with E-state index in [1.54, 1.807) is 41.6 Å². The van der Waals surface area contributed by atoms with Gasteiger partial charge in [-0.15, -0.1) is 0 Å². The number of rotatable bonds is 6. The maximum Gasteiger partial charge on any atom is 0.416 e. The summed E-state index contributed by atoms with van der Waals surface area (Å²) in [6, 6.07) is 6.54. The maximum absolute atomic E-state index is 14.0. The van der Waals surface area contributed by atoms with Crippen molar-refractivity contribution in [2.24, 2.45) is 0 Å². The molecule has 6 rings (SSSR count). The number of ether oxygens (including phenoxy) is 1. The Morgan fingerprint density at radius 2 is 1.83 bits per heavy atom. The van der Waals surface area contributed by atoms with E-state index >= 15 is 0 Å². The summed E-state index contributed by atoms with van der Waals surface area (Å²) in [4.78, 5) is 36.3. The second kappa shape index (κ2) is 11.1. The Morgan fingerprint density at radius 1 is 1.02 bits per heavy atom. The Morgan fingerprint density at radius 3 is 2.57 bits per heavy atom. The van der Waals surface area contributed by atoms with Crippen LogP contribution >= 0.6 is 0 Å². The van der Waals surface area contributed by atoms with Gasteiger partial charge in [0, 0.05) is 50.6 Å². The molecule has 1 aromatic carbocycles. The largest absolute Gasteiger partial charge is 0.464 e. The number of aromatic nitrogens is 5. The topological polar surface area (TPSA) is 92.5 Å². The summed E-state index contributed by atoms with van der Waals surface area (Å²) in [6.45, 7) is 6.52. The van der Waals surface area contributed by atoms with Gasteiger partial charge in [0.05, 0.1) is 36.6 Å². The van der Waals surface area contributed by atoms with Crippen molar-refractivity contribution >= 4 is 28.4 Å². The third-order valence-electron chi connectivity index (χ3n) is 7.91. The van der Waals surface area contributed by atoms with Crippen LogP contribution in [-0.4, -0.2) is 74.1 Å². The minimum absolute atomic E-state index is 0.0526. The number of pyridine rings is 1. The number of imidazole rings is 1. The number of alkyl halides is 3. The molecule has 1 unspecified atom stereocenters. The van der Waals surface area contributed by atoms with Crippen LogP contribution in [0.1, 0.15) is 30.5 Å². The summed E-state index contributed by atoms with van der Waals surface area (Å²) in [7, 11) is 0. The molecule has 2 aliphatic rings. The van der Waals surface area contributed by atoms with Crippen LogP contribution in [0.4, 0.5) is 24.5 Å². The SMILES string of the molecule is CCOc1ncc(N2CCc3c(C(F)(F)F)ccc(N4CCN(C(=O)Cn5cnc6cccnc65)C(C)C4)c3C2)cn1. The fourth-order valence-electron chi connectivity index (χ4n) is 5.91. The molecule has 2 aliphatic heterocycles. The predicted molar refractivity (Wildman–Crippen MR) is 150 cm³/mol. The van der Waals surface area contributed by atoms with Crippen LogP contribution in [0.2, 0.25) is 0 Å². The van der Waals surface area contributed by atoms with Gasteiger partial charge < -0.3 is 24.0 Å². The second-order valence-corrected chi connectivity index (χ2v) is 10.5. The zero-order valence-corrected chi connectivity index (χ0v) is 23.4. The molecule has 42 heavy (non-hydrogen) atoms. The average molecular weight is 581 g/mol. The third-order valence-corrected chi connectivity index (χ3v) is 7.91. The Bertz CT molecular complexity index is 1590. The van der Waals surface area contributed by atoms with E-state index in [1.165, 1.54) is 6.07 Å². The number of nitrogens with zero attached hydrogens (tertiary/aromatic N) is 8. The number of carbonyl (C=O) groups is 1. The molecule has 0 bridgehead atoms. The lowest BCUT2D eigenvalue weighted by molar-refractivity contribution is -0.138. The maximum atomic E-state index is 14.0. The van der Waals surface area contributed by atoms with Gasteiger partial charge in [-0.3, -0.25) is 4.79 Å². The van der Waals surface area contributed by atoms with Crippen LogP contribution in [0.25, 0.3) is 11.2 Å². The Hall–Kier alpha value is -4.42. The quantitative estimate of drug-likeness (QED) is 0.339. The van der Waals surface area contributed by atoms with Crippen molar-refractivity contribution in [3.63, 3.8) is 0 Å². The highest BCUT2D eigenvalue weighted by atomic mass is 19.4. The molecule has 0 spiro atoms. The molecular formula is C29H31F3N8O2. The van der Waals surface area contributed by atoms with Crippen molar-refractivity contribution in [2.45, 2.75) is 45.6 Å². The molecule has 5 heterocycles. The first-order valence-corrected chi connectivity index (χ1v) is 13.9. The van der Waals surface area contributed by atoms with Crippen molar-refractivity contribution in [3.05, 3.63) is 65.9 Å². The monoisotopic (exact) mass is 580 g/mol. The molecule has 13 heteroatoms. The minimum atomic E-state index is -4.45. The van der Waals surface area contributed by atoms with Gasteiger partial charge in [0.2, 0.25) is 5.91 Å². The van der Waals surface area contributed by atoms with E-state index < -0.39 is 11.7 Å². The third kappa shape index (κ3) is 5.30. The van der Waals surface area contributed by atoms with Crippen molar-refractivity contribution in [1.82, 2.24) is 29.4 Å². The van der Waals surface area contributed by atoms with Gasteiger partial charge in [-0.1, -0.05) is 0 Å². The molecule has 10 nitrogen and oxygen atoms in total. The molecule has 0 aliphatic carbocycles. The second-order valence-electron chi connectivity index (χ2n) is 10.5. The number of piperazine rings is 1. The highest BCUT2D eigenvalue weighted by Gasteiger charge is 2.38. The smallest absolute Gasteiger partial charge is 0.416 e. The normalized spacial score (nSPS) is 17.5. The van der Waals surface area contributed by atoms with Gasteiger partial charge in [0.25, 0.3) is 0 Å². The molecule has 4 aromatic rings. The molecule has 220 valence electrons. The van der Waals surface area contributed by atoms with Gasteiger partial charge in [-0.25, -0.2) is 19.9 Å². The molecule has 1 fully saturated rings. The van der Waals surface area contributed by atoms with Crippen LogP contribution < -0.4 is 14.5 Å². The van der Waals surface area contributed by atoms with Crippen LogP contribution in [0.15, 0.2) is 49.2 Å². The van der Waals surface area contributed by atoms with Crippen molar-refractivity contribution in [3.8, 4) is 6.01 Å². The van der Waals surface area contributed by atoms with E-state index in [9.17, 15) is 18.0 Å². The molecule has 1 atom stereocenters. The van der Waals surface area contributed by atoms with Crippen molar-refractivity contribution in [2.75, 3.05) is 42.6 Å². The Balaban J connectivity index is 1.22. The lowest BCUT2D eigenvalue weighted by Crippen LogP contribution is -2.55. The summed E-state index contributed by atoms with van der Waals surface area (Å²) in [6.07, 6.45) is 2.36. The molecule has 1 amide bonds. The highest BCUT2D eigenvalue weighted by Crippen LogP contribution is 2.40. The van der Waals surface area contributed by atoms with E-state index in [0.29, 0.717) is 56.1 Å². The van der Waals surface area contributed by atoms with E-state index in [1.807, 2.05) is 29.7 Å². The van der Waals surface area contributed by atoms with Gasteiger partial charge in [0.15, 0.2) is 5.65 Å². The summed E-state index contributed by atoms with van der Waals surface area (Å²) in [5.41, 5.74) is 3.24. The summed E-state index contributed by atoms with van der Waals surface area (Å²) < 4.78 is 49.1. The number of anilines is 2. The van der Waals surface area contributed by atoms with Crippen LogP contribution in [0, 0.1) is 0 Å². The average Bonchev–Trinajstić information content (AvgIpc) is 3.39. The van der Waals surface area contributed by atoms with Gasteiger partial charge in [-0.05, 0) is 55.7 Å². The number of amides is 1. The first-order valence-electron chi connectivity index (χ1n) is 13.9.